The summed E-state index contributed by atoms with van der Waals surface area (Å²) in [6.45, 7) is 16.3. The van der Waals surface area contributed by atoms with E-state index in [2.05, 4.69) is 56.7 Å². The normalized spacial score (nSPS) is 42.1. The van der Waals surface area contributed by atoms with Crippen molar-refractivity contribution in [2.24, 2.45) is 56.7 Å². The highest BCUT2D eigenvalue weighted by Gasteiger charge is 2.72. The van der Waals surface area contributed by atoms with E-state index in [4.69, 9.17) is 0 Å². The molecule has 0 unspecified atom stereocenters. The largest absolute Gasteiger partial charge is 0.396 e. The summed E-state index contributed by atoms with van der Waals surface area (Å²) >= 11 is 0. The SMILES string of the molecule is C=C1C=C2[C@@]3(CC[C@H](C[C@H](CC4=CCN=C4)[C@@H](O)CNC)C3)C[C@@H](CCO)[C@H](C)[C@@]2(C)[C@H]2[C@@H]1C2(C)C. The molecule has 5 aliphatic rings. The molecule has 36 heavy (non-hydrogen) atoms. The van der Waals surface area contributed by atoms with Gasteiger partial charge in [0.05, 0.1) is 12.6 Å². The van der Waals surface area contributed by atoms with Crippen molar-refractivity contribution in [2.45, 2.75) is 78.7 Å². The molecule has 4 heteroatoms. The summed E-state index contributed by atoms with van der Waals surface area (Å²) in [7, 11) is 1.93. The van der Waals surface area contributed by atoms with Gasteiger partial charge in [-0.05, 0) is 109 Å². The lowest BCUT2D eigenvalue weighted by Gasteiger charge is -2.57. The van der Waals surface area contributed by atoms with Crippen LogP contribution in [0.15, 0.2) is 40.4 Å². The Balaban J connectivity index is 1.42. The van der Waals surface area contributed by atoms with Crippen molar-refractivity contribution < 1.29 is 10.2 Å². The molecule has 0 bridgehead atoms. The first kappa shape index (κ1) is 26.4. The average molecular weight is 495 g/mol. The molecule has 9 atom stereocenters. The number of hydrogen-bond acceptors (Lipinski definition) is 4. The smallest absolute Gasteiger partial charge is 0.0695 e. The highest BCUT2D eigenvalue weighted by Crippen LogP contribution is 2.79. The Bertz CT molecular complexity index is 963. The Labute approximate surface area is 219 Å². The number of likely N-dealkylation sites (N-methyl/N-ethyl adjacent to an activating group) is 1. The zero-order valence-electron chi connectivity index (χ0n) is 23.4. The van der Waals surface area contributed by atoms with Crippen LogP contribution in [0, 0.1) is 51.8 Å². The van der Waals surface area contributed by atoms with Crippen molar-refractivity contribution in [3.8, 4) is 0 Å². The minimum atomic E-state index is -0.332. The lowest BCUT2D eigenvalue weighted by atomic mass is 9.47. The van der Waals surface area contributed by atoms with Gasteiger partial charge >= 0.3 is 0 Å². The number of aliphatic imine (C=N–C) groups is 1. The second-order valence-corrected chi connectivity index (χ2v) is 13.9. The Hall–Kier alpha value is -1.23. The van der Waals surface area contributed by atoms with Gasteiger partial charge in [-0.1, -0.05) is 57.6 Å². The van der Waals surface area contributed by atoms with Gasteiger partial charge in [-0.15, -0.1) is 0 Å². The zero-order chi connectivity index (χ0) is 25.9. The van der Waals surface area contributed by atoms with Gasteiger partial charge in [-0.2, -0.15) is 0 Å². The molecule has 5 rings (SSSR count). The molecule has 4 nitrogen and oxygen atoms in total. The van der Waals surface area contributed by atoms with Crippen LogP contribution < -0.4 is 5.32 Å². The van der Waals surface area contributed by atoms with Crippen molar-refractivity contribution in [1.82, 2.24) is 5.32 Å². The number of allylic oxidation sites excluding steroid dienone is 4. The van der Waals surface area contributed by atoms with Crippen molar-refractivity contribution in [2.75, 3.05) is 26.7 Å². The van der Waals surface area contributed by atoms with E-state index in [1.54, 1.807) is 5.57 Å². The molecule has 1 heterocycles. The first-order valence-corrected chi connectivity index (χ1v) is 14.6. The van der Waals surface area contributed by atoms with E-state index in [-0.39, 0.29) is 22.9 Å². The third-order valence-corrected chi connectivity index (χ3v) is 11.7. The van der Waals surface area contributed by atoms with Gasteiger partial charge < -0.3 is 15.5 Å². The standard InChI is InChI=1S/C32H50N2O2/c1-20-13-27-31(5,29-28(20)30(29,3)4)21(2)24(9-12-35)17-32(27)10-7-22(16-32)14-25(26(36)19-33-6)15-23-8-11-34-18-23/h8,13,18,21-22,24-26,28-29,33,35-36H,1,7,9-12,14-17,19H2,2-6H3/t21-,22+,24+,25+,26-,28+,29-,31+,32+/m0/s1. The quantitative estimate of drug-likeness (QED) is 0.392. The summed E-state index contributed by atoms with van der Waals surface area (Å²) in [5.41, 5.74) is 5.09. The van der Waals surface area contributed by atoms with E-state index >= 15 is 0 Å². The highest BCUT2D eigenvalue weighted by molar-refractivity contribution is 5.80. The number of aliphatic hydroxyl groups is 2. The Morgan fingerprint density at radius 1 is 1.25 bits per heavy atom. The summed E-state index contributed by atoms with van der Waals surface area (Å²) in [5, 5.41) is 24.3. The lowest BCUT2D eigenvalue weighted by molar-refractivity contribution is 0.00855. The van der Waals surface area contributed by atoms with Crippen LogP contribution in [0.2, 0.25) is 0 Å². The van der Waals surface area contributed by atoms with Crippen molar-refractivity contribution >= 4 is 6.21 Å². The third-order valence-electron chi connectivity index (χ3n) is 11.7. The summed E-state index contributed by atoms with van der Waals surface area (Å²) in [6.07, 6.45) is 14.3. The number of nitrogens with one attached hydrogen (secondary N) is 1. The molecular weight excluding hydrogens is 444 g/mol. The van der Waals surface area contributed by atoms with E-state index < -0.39 is 0 Å². The molecule has 3 fully saturated rings. The predicted octanol–water partition coefficient (Wildman–Crippen LogP) is 5.57. The maximum absolute atomic E-state index is 11.1. The fourth-order valence-corrected chi connectivity index (χ4v) is 9.98. The Morgan fingerprint density at radius 2 is 2.03 bits per heavy atom. The van der Waals surface area contributed by atoms with Crippen LogP contribution in [0.5, 0.6) is 0 Å². The first-order valence-electron chi connectivity index (χ1n) is 14.6. The predicted molar refractivity (Wildman–Crippen MR) is 149 cm³/mol. The van der Waals surface area contributed by atoms with Gasteiger partial charge in [0.25, 0.3) is 0 Å². The second kappa shape index (κ2) is 9.50. The summed E-state index contributed by atoms with van der Waals surface area (Å²) in [6, 6.07) is 0. The number of fused-ring (bicyclic) bond motifs is 4. The van der Waals surface area contributed by atoms with Crippen LogP contribution in [0.1, 0.15) is 72.6 Å². The average Bonchev–Trinajstić information content (AvgIpc) is 3.19. The molecule has 0 aromatic carbocycles. The molecular formula is C32H50N2O2. The van der Waals surface area contributed by atoms with Crippen molar-refractivity contribution in [1.29, 1.82) is 0 Å². The maximum Gasteiger partial charge on any atom is 0.0695 e. The number of hydrogen-bond donors (Lipinski definition) is 3. The first-order chi connectivity index (χ1) is 17.1. The third kappa shape index (κ3) is 4.10. The lowest BCUT2D eigenvalue weighted by Crippen LogP contribution is -2.49. The van der Waals surface area contributed by atoms with Gasteiger partial charge in [-0.25, -0.2) is 0 Å². The zero-order valence-corrected chi connectivity index (χ0v) is 23.4. The Kier molecular flexibility index (Phi) is 6.96. The summed E-state index contributed by atoms with van der Waals surface area (Å²) < 4.78 is 0. The van der Waals surface area contributed by atoms with Crippen molar-refractivity contribution in [3.05, 3.63) is 35.5 Å². The van der Waals surface area contributed by atoms with Crippen molar-refractivity contribution in [3.63, 3.8) is 0 Å². The Morgan fingerprint density at radius 3 is 2.69 bits per heavy atom. The fraction of sp³-hybridized carbons (Fsp3) is 0.781. The molecule has 3 saturated carbocycles. The molecule has 0 saturated heterocycles. The minimum Gasteiger partial charge on any atom is -0.396 e. The molecule has 1 spiro atoms. The highest BCUT2D eigenvalue weighted by atomic mass is 16.3. The fourth-order valence-electron chi connectivity index (χ4n) is 9.98. The monoisotopic (exact) mass is 494 g/mol. The molecule has 0 aromatic rings. The summed E-state index contributed by atoms with van der Waals surface area (Å²) in [4.78, 5) is 4.39. The number of nitrogens with zero attached hydrogens (tertiary/aromatic N) is 1. The maximum atomic E-state index is 11.1. The molecule has 0 amide bonds. The van der Waals surface area contributed by atoms with Gasteiger partial charge in [0, 0.05) is 19.4 Å². The molecule has 1 aliphatic heterocycles. The van der Waals surface area contributed by atoms with Gasteiger partial charge in [0.2, 0.25) is 0 Å². The van der Waals surface area contributed by atoms with Crippen LogP contribution in [-0.4, -0.2) is 49.3 Å². The molecule has 0 radical (unpaired) electrons. The molecule has 3 N–H and O–H groups in total. The molecule has 0 aromatic heterocycles. The topological polar surface area (TPSA) is 64.9 Å². The van der Waals surface area contributed by atoms with Crippen LogP contribution in [0.3, 0.4) is 0 Å². The van der Waals surface area contributed by atoms with E-state index in [1.165, 1.54) is 36.8 Å². The van der Waals surface area contributed by atoms with E-state index in [9.17, 15) is 10.2 Å². The van der Waals surface area contributed by atoms with E-state index in [0.29, 0.717) is 48.2 Å². The van der Waals surface area contributed by atoms with Crippen LogP contribution in [0.25, 0.3) is 0 Å². The van der Waals surface area contributed by atoms with Gasteiger partial charge in [0.15, 0.2) is 0 Å². The minimum absolute atomic E-state index is 0.193. The van der Waals surface area contributed by atoms with E-state index in [1.807, 2.05) is 13.3 Å². The second-order valence-electron chi connectivity index (χ2n) is 13.9. The van der Waals surface area contributed by atoms with Crippen LogP contribution in [-0.2, 0) is 0 Å². The van der Waals surface area contributed by atoms with E-state index in [0.717, 1.165) is 25.8 Å². The number of aliphatic hydroxyl groups excluding tert-OH is 2. The summed E-state index contributed by atoms with van der Waals surface area (Å²) in [5.74, 6) is 3.33. The van der Waals surface area contributed by atoms with Crippen LogP contribution >= 0.6 is 0 Å². The van der Waals surface area contributed by atoms with Gasteiger partial charge in [-0.3, -0.25) is 4.99 Å². The van der Waals surface area contributed by atoms with Gasteiger partial charge in [0.1, 0.15) is 0 Å². The molecule has 200 valence electrons. The van der Waals surface area contributed by atoms with Crippen LogP contribution in [0.4, 0.5) is 0 Å². The number of rotatable bonds is 9. The molecule has 4 aliphatic carbocycles.